The smallest absolute Gasteiger partial charge is 0.317 e. The van der Waals surface area contributed by atoms with Crippen molar-refractivity contribution in [3.05, 3.63) is 35.6 Å². The van der Waals surface area contributed by atoms with Crippen molar-refractivity contribution < 1.29 is 9.18 Å². The van der Waals surface area contributed by atoms with Gasteiger partial charge in [-0.05, 0) is 38.9 Å². The minimum absolute atomic E-state index is 0.155. The third kappa shape index (κ3) is 5.95. The molecule has 26 heavy (non-hydrogen) atoms. The summed E-state index contributed by atoms with van der Waals surface area (Å²) in [6.45, 7) is 11.5. The minimum atomic E-state index is -0.300. The second-order valence-corrected chi connectivity index (χ2v) is 7.02. The lowest BCUT2D eigenvalue weighted by Crippen LogP contribution is -2.46. The quantitative estimate of drug-likeness (QED) is 0.721. The van der Waals surface area contributed by atoms with E-state index in [2.05, 4.69) is 22.0 Å². The van der Waals surface area contributed by atoms with E-state index in [0.717, 1.165) is 52.1 Å². The lowest BCUT2D eigenvalue weighted by Gasteiger charge is -2.34. The Morgan fingerprint density at radius 3 is 2.50 bits per heavy atom. The minimum Gasteiger partial charge on any atom is -0.338 e. The summed E-state index contributed by atoms with van der Waals surface area (Å²) < 4.78 is 13.9. The van der Waals surface area contributed by atoms with Gasteiger partial charge in [-0.25, -0.2) is 9.18 Å². The van der Waals surface area contributed by atoms with Crippen LogP contribution in [0.5, 0.6) is 0 Å². The molecule has 1 aliphatic heterocycles. The van der Waals surface area contributed by atoms with E-state index in [0.29, 0.717) is 12.1 Å². The molecule has 0 bridgehead atoms. The van der Waals surface area contributed by atoms with Gasteiger partial charge in [0.05, 0.1) is 6.04 Å². The number of halogens is 1. The van der Waals surface area contributed by atoms with Gasteiger partial charge in [-0.15, -0.1) is 0 Å². The Balaban J connectivity index is 1.63. The molecule has 1 aliphatic rings. The molecule has 0 saturated carbocycles. The van der Waals surface area contributed by atoms with Crippen molar-refractivity contribution in [1.82, 2.24) is 20.0 Å². The first kappa shape index (κ1) is 20.6. The fourth-order valence-corrected chi connectivity index (χ4v) is 3.31. The van der Waals surface area contributed by atoms with E-state index in [1.54, 1.807) is 30.1 Å². The first-order valence-electron chi connectivity index (χ1n) is 9.72. The van der Waals surface area contributed by atoms with Crippen LogP contribution in [0.1, 0.15) is 38.3 Å². The molecule has 0 radical (unpaired) electrons. The molecule has 1 saturated heterocycles. The van der Waals surface area contributed by atoms with Crippen LogP contribution in [0.15, 0.2) is 24.3 Å². The molecule has 6 heteroatoms. The maximum atomic E-state index is 13.9. The monoisotopic (exact) mass is 364 g/mol. The molecule has 1 N–H and O–H groups in total. The fourth-order valence-electron chi connectivity index (χ4n) is 3.31. The number of hydrogen-bond acceptors (Lipinski definition) is 3. The highest BCUT2D eigenvalue weighted by Crippen LogP contribution is 2.21. The van der Waals surface area contributed by atoms with Gasteiger partial charge in [0, 0.05) is 45.3 Å². The number of nitrogens with one attached hydrogen (secondary N) is 1. The van der Waals surface area contributed by atoms with Crippen LogP contribution < -0.4 is 5.32 Å². The topological polar surface area (TPSA) is 38.8 Å². The number of amides is 2. The predicted molar refractivity (Wildman–Crippen MR) is 104 cm³/mol. The van der Waals surface area contributed by atoms with E-state index in [-0.39, 0.29) is 17.9 Å². The average Bonchev–Trinajstić information content (AvgIpc) is 2.67. The number of likely N-dealkylation sites (N-methyl/N-ethyl adjacent to an activating group) is 1. The summed E-state index contributed by atoms with van der Waals surface area (Å²) in [5.41, 5.74) is 0.538. The SMILES string of the molecule is CCN1CCN(CCCCNC(=O)N(C)C(C)c2ccccc2F)CC1. The van der Waals surface area contributed by atoms with Gasteiger partial charge in [-0.2, -0.15) is 0 Å². The maximum absolute atomic E-state index is 13.9. The zero-order valence-corrected chi connectivity index (χ0v) is 16.4. The van der Waals surface area contributed by atoms with Gasteiger partial charge >= 0.3 is 6.03 Å². The molecule has 5 nitrogen and oxygen atoms in total. The highest BCUT2D eigenvalue weighted by molar-refractivity contribution is 5.74. The summed E-state index contributed by atoms with van der Waals surface area (Å²) in [6.07, 6.45) is 2.04. The van der Waals surface area contributed by atoms with Crippen LogP contribution in [-0.4, -0.2) is 73.6 Å². The van der Waals surface area contributed by atoms with E-state index in [1.807, 2.05) is 6.92 Å². The molecular formula is C20H33FN4O. The summed E-state index contributed by atoms with van der Waals surface area (Å²) in [4.78, 5) is 18.8. The number of carbonyl (C=O) groups is 1. The molecular weight excluding hydrogens is 331 g/mol. The van der Waals surface area contributed by atoms with Gasteiger partial charge in [-0.3, -0.25) is 0 Å². The van der Waals surface area contributed by atoms with Gasteiger partial charge in [0.2, 0.25) is 0 Å². The van der Waals surface area contributed by atoms with Crippen LogP contribution >= 0.6 is 0 Å². The predicted octanol–water partition coefficient (Wildman–Crippen LogP) is 2.95. The van der Waals surface area contributed by atoms with Gasteiger partial charge in [0.25, 0.3) is 0 Å². The van der Waals surface area contributed by atoms with Crippen LogP contribution in [0.2, 0.25) is 0 Å². The Morgan fingerprint density at radius 1 is 1.19 bits per heavy atom. The zero-order chi connectivity index (χ0) is 18.9. The van der Waals surface area contributed by atoms with Crippen molar-refractivity contribution in [3.8, 4) is 0 Å². The number of piperazine rings is 1. The molecule has 0 aliphatic carbocycles. The fraction of sp³-hybridized carbons (Fsp3) is 0.650. The normalized spacial score (nSPS) is 17.1. The summed E-state index contributed by atoms with van der Waals surface area (Å²) in [5, 5.41) is 2.94. The molecule has 1 unspecified atom stereocenters. The highest BCUT2D eigenvalue weighted by Gasteiger charge is 2.19. The molecule has 146 valence electrons. The molecule has 2 rings (SSSR count). The molecule has 1 aromatic rings. The lowest BCUT2D eigenvalue weighted by molar-refractivity contribution is 0.135. The molecule has 2 amide bonds. The van der Waals surface area contributed by atoms with Crippen LogP contribution in [0.3, 0.4) is 0 Å². The Morgan fingerprint density at radius 2 is 1.85 bits per heavy atom. The van der Waals surface area contributed by atoms with Crippen molar-refractivity contribution in [1.29, 1.82) is 0 Å². The van der Waals surface area contributed by atoms with E-state index in [9.17, 15) is 9.18 Å². The standard InChI is InChI=1S/C20H33FN4O/c1-4-24-13-15-25(16-14-24)12-8-7-11-22-20(26)23(3)17(2)18-9-5-6-10-19(18)21/h5-6,9-10,17H,4,7-8,11-16H2,1-3H3,(H,22,26). The van der Waals surface area contributed by atoms with Gasteiger partial charge in [0.15, 0.2) is 0 Å². The molecule has 1 aromatic carbocycles. The Labute approximate surface area is 157 Å². The summed E-state index contributed by atoms with van der Waals surface area (Å²) >= 11 is 0. The largest absolute Gasteiger partial charge is 0.338 e. The first-order chi connectivity index (χ1) is 12.5. The number of carbonyl (C=O) groups excluding carboxylic acids is 1. The second kappa shape index (κ2) is 10.5. The van der Waals surface area contributed by atoms with Gasteiger partial charge in [-0.1, -0.05) is 25.1 Å². The van der Waals surface area contributed by atoms with Crippen molar-refractivity contribution in [2.75, 3.05) is 52.9 Å². The third-order valence-corrected chi connectivity index (χ3v) is 5.35. The number of unbranched alkanes of at least 4 members (excludes halogenated alkanes) is 1. The van der Waals surface area contributed by atoms with E-state index in [1.165, 1.54) is 6.07 Å². The van der Waals surface area contributed by atoms with Crippen molar-refractivity contribution >= 4 is 6.03 Å². The first-order valence-corrected chi connectivity index (χ1v) is 9.72. The van der Waals surface area contributed by atoms with Gasteiger partial charge in [0.1, 0.15) is 5.82 Å². The molecule has 1 atom stereocenters. The Kier molecular flexibility index (Phi) is 8.32. The third-order valence-electron chi connectivity index (χ3n) is 5.35. The molecule has 0 aromatic heterocycles. The van der Waals surface area contributed by atoms with E-state index >= 15 is 0 Å². The Bertz CT molecular complexity index is 560. The molecule has 0 spiro atoms. The van der Waals surface area contributed by atoms with Crippen molar-refractivity contribution in [2.24, 2.45) is 0 Å². The van der Waals surface area contributed by atoms with Crippen LogP contribution in [0.4, 0.5) is 9.18 Å². The Hall–Kier alpha value is -1.66. The van der Waals surface area contributed by atoms with E-state index < -0.39 is 0 Å². The number of benzene rings is 1. The lowest BCUT2D eigenvalue weighted by atomic mass is 10.1. The summed E-state index contributed by atoms with van der Waals surface area (Å²) in [7, 11) is 1.71. The summed E-state index contributed by atoms with van der Waals surface area (Å²) in [5.74, 6) is -0.275. The highest BCUT2D eigenvalue weighted by atomic mass is 19.1. The number of hydrogen-bond donors (Lipinski definition) is 1. The zero-order valence-electron chi connectivity index (χ0n) is 16.4. The van der Waals surface area contributed by atoms with Crippen LogP contribution in [0, 0.1) is 5.82 Å². The van der Waals surface area contributed by atoms with Crippen LogP contribution in [0.25, 0.3) is 0 Å². The van der Waals surface area contributed by atoms with Crippen molar-refractivity contribution in [2.45, 2.75) is 32.7 Å². The van der Waals surface area contributed by atoms with Crippen molar-refractivity contribution in [3.63, 3.8) is 0 Å². The number of rotatable bonds is 8. The van der Waals surface area contributed by atoms with Gasteiger partial charge < -0.3 is 20.0 Å². The summed E-state index contributed by atoms with van der Waals surface area (Å²) in [6, 6.07) is 6.15. The number of nitrogens with zero attached hydrogens (tertiary/aromatic N) is 3. The second-order valence-electron chi connectivity index (χ2n) is 7.02. The molecule has 1 fully saturated rings. The maximum Gasteiger partial charge on any atom is 0.317 e. The van der Waals surface area contributed by atoms with Crippen LogP contribution in [-0.2, 0) is 0 Å². The van der Waals surface area contributed by atoms with E-state index in [4.69, 9.17) is 0 Å². The molecule has 1 heterocycles. The average molecular weight is 365 g/mol. The number of urea groups is 1.